The van der Waals surface area contributed by atoms with Crippen molar-refractivity contribution in [2.45, 2.75) is 20.0 Å². The van der Waals surface area contributed by atoms with Crippen molar-refractivity contribution < 1.29 is 19.4 Å². The molecule has 1 N–H and O–H groups in total. The van der Waals surface area contributed by atoms with Crippen LogP contribution in [0.3, 0.4) is 0 Å². The fourth-order valence-corrected chi connectivity index (χ4v) is 2.66. The zero-order valence-electron chi connectivity index (χ0n) is 14.2. The van der Waals surface area contributed by atoms with Crippen LogP contribution in [0.4, 0.5) is 0 Å². The Hall–Kier alpha value is -2.12. The van der Waals surface area contributed by atoms with Crippen molar-refractivity contribution >= 4 is 17.0 Å². The van der Waals surface area contributed by atoms with E-state index in [-0.39, 0.29) is 5.75 Å². The zero-order chi connectivity index (χ0) is 17.1. The fourth-order valence-electron chi connectivity index (χ4n) is 2.66. The van der Waals surface area contributed by atoms with E-state index < -0.39 is 5.97 Å². The first-order chi connectivity index (χ1) is 10.9. The number of aromatic nitrogens is 2. The first kappa shape index (κ1) is 17.2. The molecule has 7 nitrogen and oxygen atoms in total. The molecule has 0 amide bonds. The summed E-state index contributed by atoms with van der Waals surface area (Å²) in [5.41, 5.74) is 2.05. The van der Waals surface area contributed by atoms with E-state index in [0.717, 1.165) is 5.82 Å². The minimum atomic E-state index is -0.483. The van der Waals surface area contributed by atoms with Gasteiger partial charge in [0.1, 0.15) is 17.1 Å². The molecule has 0 atom stereocenters. The SMILES string of the molecule is COCCn1c(C)nc2cc(C(=O)OC)c(CN(C)C)c(O)c21. The Labute approximate surface area is 135 Å². The maximum Gasteiger partial charge on any atom is 0.338 e. The quantitative estimate of drug-likeness (QED) is 0.814. The Morgan fingerprint density at radius 1 is 1.39 bits per heavy atom. The lowest BCUT2D eigenvalue weighted by atomic mass is 10.0. The van der Waals surface area contributed by atoms with E-state index in [4.69, 9.17) is 9.47 Å². The number of imidazole rings is 1. The molecule has 2 aromatic rings. The van der Waals surface area contributed by atoms with E-state index in [1.165, 1.54) is 7.11 Å². The van der Waals surface area contributed by atoms with Gasteiger partial charge >= 0.3 is 5.97 Å². The first-order valence-electron chi connectivity index (χ1n) is 7.34. The molecule has 1 aromatic carbocycles. The van der Waals surface area contributed by atoms with Crippen LogP contribution in [0.5, 0.6) is 5.75 Å². The summed E-state index contributed by atoms with van der Waals surface area (Å²) in [5, 5.41) is 10.8. The van der Waals surface area contributed by atoms with Crippen LogP contribution < -0.4 is 0 Å². The average Bonchev–Trinajstić information content (AvgIpc) is 2.82. The van der Waals surface area contributed by atoms with Crippen LogP contribution in [-0.2, 0) is 22.6 Å². The molecule has 0 saturated heterocycles. The van der Waals surface area contributed by atoms with Gasteiger partial charge in [0.2, 0.25) is 0 Å². The van der Waals surface area contributed by atoms with E-state index in [1.54, 1.807) is 13.2 Å². The second-order valence-corrected chi connectivity index (χ2v) is 5.65. The van der Waals surface area contributed by atoms with Gasteiger partial charge in [0.25, 0.3) is 0 Å². The molecule has 7 heteroatoms. The number of nitrogens with zero attached hydrogens (tertiary/aromatic N) is 3. The summed E-state index contributed by atoms with van der Waals surface area (Å²) in [6.45, 7) is 3.36. The number of carbonyl (C=O) groups excluding carboxylic acids is 1. The Kier molecular flexibility index (Phi) is 5.23. The van der Waals surface area contributed by atoms with E-state index in [1.807, 2.05) is 30.5 Å². The lowest BCUT2D eigenvalue weighted by Gasteiger charge is -2.16. The number of methoxy groups -OCH3 is 2. The summed E-state index contributed by atoms with van der Waals surface area (Å²) >= 11 is 0. The van der Waals surface area contributed by atoms with Crippen LogP contribution >= 0.6 is 0 Å². The van der Waals surface area contributed by atoms with Crippen molar-refractivity contribution in [3.63, 3.8) is 0 Å². The van der Waals surface area contributed by atoms with Crippen LogP contribution in [-0.4, -0.2) is 60.4 Å². The van der Waals surface area contributed by atoms with Gasteiger partial charge in [-0.05, 0) is 27.1 Å². The number of aryl methyl sites for hydroxylation is 1. The predicted octanol–water partition coefficient (Wildman–Crippen LogP) is 1.54. The standard InChI is InChI=1S/C16H23N3O4/c1-10-17-13-8-11(16(21)23-5)12(9-18(2)3)15(20)14(13)19(10)6-7-22-4/h8,20H,6-7,9H2,1-5H3. The topological polar surface area (TPSA) is 76.8 Å². The molecule has 0 aliphatic rings. The third-order valence-electron chi connectivity index (χ3n) is 3.70. The number of esters is 1. The van der Waals surface area contributed by atoms with Gasteiger partial charge in [-0.25, -0.2) is 9.78 Å². The number of fused-ring (bicyclic) bond motifs is 1. The lowest BCUT2D eigenvalue weighted by molar-refractivity contribution is 0.0598. The summed E-state index contributed by atoms with van der Waals surface area (Å²) in [7, 11) is 6.70. The summed E-state index contributed by atoms with van der Waals surface area (Å²) in [6.07, 6.45) is 0. The Morgan fingerprint density at radius 2 is 2.09 bits per heavy atom. The molecule has 0 unspecified atom stereocenters. The van der Waals surface area contributed by atoms with Gasteiger partial charge in [0, 0.05) is 25.8 Å². The minimum absolute atomic E-state index is 0.0632. The summed E-state index contributed by atoms with van der Waals surface area (Å²) in [5.74, 6) is 0.335. The van der Waals surface area contributed by atoms with Crippen LogP contribution in [0.2, 0.25) is 0 Å². The highest BCUT2D eigenvalue weighted by atomic mass is 16.5. The molecule has 0 bridgehead atoms. The van der Waals surface area contributed by atoms with Crippen molar-refractivity contribution in [3.8, 4) is 5.75 Å². The molecule has 1 heterocycles. The fraction of sp³-hybridized carbons (Fsp3) is 0.500. The first-order valence-corrected chi connectivity index (χ1v) is 7.34. The zero-order valence-corrected chi connectivity index (χ0v) is 14.2. The molecule has 0 fully saturated rings. The Morgan fingerprint density at radius 3 is 2.65 bits per heavy atom. The van der Waals surface area contributed by atoms with Crippen molar-refractivity contribution in [3.05, 3.63) is 23.0 Å². The highest BCUT2D eigenvalue weighted by Gasteiger charge is 2.23. The van der Waals surface area contributed by atoms with E-state index >= 15 is 0 Å². The second-order valence-electron chi connectivity index (χ2n) is 5.65. The maximum atomic E-state index is 12.1. The van der Waals surface area contributed by atoms with Gasteiger partial charge < -0.3 is 24.0 Å². The molecule has 0 aliphatic carbocycles. The van der Waals surface area contributed by atoms with Crippen molar-refractivity contribution in [2.75, 3.05) is 34.9 Å². The number of ether oxygens (including phenoxy) is 2. The maximum absolute atomic E-state index is 12.1. The van der Waals surface area contributed by atoms with Crippen LogP contribution in [0.25, 0.3) is 11.0 Å². The van der Waals surface area contributed by atoms with Crippen molar-refractivity contribution in [1.29, 1.82) is 0 Å². The lowest BCUT2D eigenvalue weighted by Crippen LogP contribution is -2.16. The third kappa shape index (κ3) is 3.30. The van der Waals surface area contributed by atoms with Crippen LogP contribution in [0.1, 0.15) is 21.7 Å². The number of hydrogen-bond acceptors (Lipinski definition) is 6. The average molecular weight is 321 g/mol. The molecule has 2 rings (SSSR count). The number of phenolic OH excluding ortho intramolecular Hbond substituents is 1. The highest BCUT2D eigenvalue weighted by Crippen LogP contribution is 2.33. The minimum Gasteiger partial charge on any atom is -0.505 e. The third-order valence-corrected chi connectivity index (χ3v) is 3.70. The molecular formula is C16H23N3O4. The number of phenols is 1. The van der Waals surface area contributed by atoms with Crippen molar-refractivity contribution in [1.82, 2.24) is 14.5 Å². The molecule has 23 heavy (non-hydrogen) atoms. The monoisotopic (exact) mass is 321 g/mol. The summed E-state index contributed by atoms with van der Waals surface area (Å²) in [6, 6.07) is 1.68. The molecule has 1 aromatic heterocycles. The van der Waals surface area contributed by atoms with Gasteiger partial charge in [-0.2, -0.15) is 0 Å². The number of rotatable bonds is 6. The number of hydrogen-bond donors (Lipinski definition) is 1. The van der Waals surface area contributed by atoms with Crippen LogP contribution in [0.15, 0.2) is 6.07 Å². The van der Waals surface area contributed by atoms with Gasteiger partial charge in [-0.15, -0.1) is 0 Å². The second kappa shape index (κ2) is 6.97. The van der Waals surface area contributed by atoms with E-state index in [0.29, 0.717) is 41.9 Å². The molecule has 0 radical (unpaired) electrons. The van der Waals surface area contributed by atoms with E-state index in [2.05, 4.69) is 4.98 Å². The highest BCUT2D eigenvalue weighted by molar-refractivity contribution is 5.98. The number of aromatic hydroxyl groups is 1. The van der Waals surface area contributed by atoms with Crippen molar-refractivity contribution in [2.24, 2.45) is 0 Å². The van der Waals surface area contributed by atoms with Gasteiger partial charge in [0.05, 0.1) is 24.8 Å². The van der Waals surface area contributed by atoms with Gasteiger partial charge in [-0.3, -0.25) is 0 Å². The van der Waals surface area contributed by atoms with Crippen LogP contribution in [0, 0.1) is 6.92 Å². The number of carbonyl (C=O) groups is 1. The Balaban J connectivity index is 2.71. The number of benzene rings is 1. The van der Waals surface area contributed by atoms with Gasteiger partial charge in [-0.1, -0.05) is 0 Å². The van der Waals surface area contributed by atoms with E-state index in [9.17, 15) is 9.90 Å². The molecule has 126 valence electrons. The molecular weight excluding hydrogens is 298 g/mol. The molecule has 0 aliphatic heterocycles. The van der Waals surface area contributed by atoms with Gasteiger partial charge in [0.15, 0.2) is 0 Å². The normalized spacial score (nSPS) is 11.4. The molecule has 0 spiro atoms. The molecule has 0 saturated carbocycles. The smallest absolute Gasteiger partial charge is 0.338 e. The largest absolute Gasteiger partial charge is 0.505 e. The summed E-state index contributed by atoms with van der Waals surface area (Å²) < 4.78 is 11.9. The Bertz CT molecular complexity index is 722. The summed E-state index contributed by atoms with van der Waals surface area (Å²) in [4.78, 5) is 18.4. The predicted molar refractivity (Wildman–Crippen MR) is 86.7 cm³/mol.